The molecule has 0 saturated heterocycles. The van der Waals surface area contributed by atoms with E-state index in [0.29, 0.717) is 4.75 Å². The minimum absolute atomic E-state index is 0.375. The van der Waals surface area contributed by atoms with E-state index in [0.717, 1.165) is 29.3 Å². The van der Waals surface area contributed by atoms with Gasteiger partial charge < -0.3 is 9.88 Å². The highest BCUT2D eigenvalue weighted by Gasteiger charge is 2.23. The summed E-state index contributed by atoms with van der Waals surface area (Å²) in [7, 11) is 0. The fraction of sp³-hybridized carbons (Fsp3) is 0.435. The highest BCUT2D eigenvalue weighted by molar-refractivity contribution is 8.00. The van der Waals surface area contributed by atoms with Crippen LogP contribution in [0.2, 0.25) is 0 Å². The highest BCUT2D eigenvalue weighted by atomic mass is 32.2. The molecule has 0 aliphatic carbocycles. The maximum atomic E-state index is 4.84. The summed E-state index contributed by atoms with van der Waals surface area (Å²) in [5.41, 5.74) is 3.29. The number of anilines is 2. The van der Waals surface area contributed by atoms with Gasteiger partial charge in [0.2, 0.25) is 5.95 Å². The molecule has 27 heavy (non-hydrogen) atoms. The number of H-pyrrole nitrogens is 1. The fourth-order valence-corrected chi connectivity index (χ4v) is 5.21. The second-order valence-corrected chi connectivity index (χ2v) is 9.05. The minimum Gasteiger partial charge on any atom is -0.324 e. The van der Waals surface area contributed by atoms with Gasteiger partial charge in [-0.1, -0.05) is 63.9 Å². The molecule has 0 radical (unpaired) electrons. The third-order valence-electron chi connectivity index (χ3n) is 5.02. The molecule has 0 aliphatic rings. The zero-order valence-electron chi connectivity index (χ0n) is 16.7. The Balaban J connectivity index is 1.79. The minimum atomic E-state index is 0.375. The molecule has 3 aromatic rings. The number of benzene rings is 2. The summed E-state index contributed by atoms with van der Waals surface area (Å²) in [6, 6.07) is 18.8. The smallest absolute Gasteiger partial charge is 0.208 e. The Hall–Kier alpha value is -1.94. The van der Waals surface area contributed by atoms with Crippen LogP contribution in [-0.2, 0) is 0 Å². The third-order valence-corrected chi connectivity index (χ3v) is 6.52. The molecule has 0 atom stereocenters. The van der Waals surface area contributed by atoms with E-state index in [9.17, 15) is 0 Å². The summed E-state index contributed by atoms with van der Waals surface area (Å²) >= 11 is 2.11. The van der Waals surface area contributed by atoms with Crippen molar-refractivity contribution in [2.45, 2.75) is 51.2 Å². The van der Waals surface area contributed by atoms with Gasteiger partial charge in [-0.25, -0.2) is 4.98 Å². The van der Waals surface area contributed by atoms with Crippen molar-refractivity contribution in [3.63, 3.8) is 0 Å². The molecule has 0 unspecified atom stereocenters. The van der Waals surface area contributed by atoms with Gasteiger partial charge in [-0.3, -0.25) is 0 Å². The zero-order chi connectivity index (χ0) is 19.1. The summed E-state index contributed by atoms with van der Waals surface area (Å²) in [6.45, 7) is 7.95. The second kappa shape index (κ2) is 9.32. The standard InChI is InChI=1S/C23H31N3S/c1-4-15-23(3,16-5-2)27-18-17-26(19-11-7-6-8-12-19)22-24-20-13-9-10-14-21(20)25-22/h6-14H,4-5,15-18H2,1-3H3,(H,24,25). The molecular formula is C23H31N3S. The van der Waals surface area contributed by atoms with Crippen molar-refractivity contribution in [3.8, 4) is 0 Å². The molecule has 0 saturated carbocycles. The number of hydrogen-bond acceptors (Lipinski definition) is 3. The first-order valence-corrected chi connectivity index (χ1v) is 11.0. The first-order chi connectivity index (χ1) is 13.1. The van der Waals surface area contributed by atoms with Crippen LogP contribution in [-0.4, -0.2) is 27.0 Å². The molecule has 0 bridgehead atoms. The topological polar surface area (TPSA) is 31.9 Å². The molecule has 4 heteroatoms. The Morgan fingerprint density at radius 3 is 2.30 bits per heavy atom. The molecule has 1 aromatic heterocycles. The number of aromatic nitrogens is 2. The van der Waals surface area contributed by atoms with E-state index >= 15 is 0 Å². The maximum Gasteiger partial charge on any atom is 0.208 e. The molecule has 0 spiro atoms. The van der Waals surface area contributed by atoms with Gasteiger partial charge in [0.25, 0.3) is 0 Å². The van der Waals surface area contributed by atoms with Crippen molar-refractivity contribution in [2.75, 3.05) is 17.2 Å². The number of aromatic amines is 1. The van der Waals surface area contributed by atoms with Gasteiger partial charge in [-0.2, -0.15) is 11.8 Å². The zero-order valence-corrected chi connectivity index (χ0v) is 17.6. The van der Waals surface area contributed by atoms with E-state index in [1.54, 1.807) is 0 Å². The van der Waals surface area contributed by atoms with Crippen molar-refractivity contribution >= 4 is 34.4 Å². The summed E-state index contributed by atoms with van der Waals surface area (Å²) in [5, 5.41) is 0. The summed E-state index contributed by atoms with van der Waals surface area (Å²) < 4.78 is 0.375. The monoisotopic (exact) mass is 381 g/mol. The molecule has 1 N–H and O–H groups in total. The van der Waals surface area contributed by atoms with Crippen LogP contribution in [0.3, 0.4) is 0 Å². The lowest BCUT2D eigenvalue weighted by Crippen LogP contribution is -2.26. The predicted molar refractivity (Wildman–Crippen MR) is 120 cm³/mol. The molecule has 0 fully saturated rings. The van der Waals surface area contributed by atoms with Gasteiger partial charge in [0.1, 0.15) is 0 Å². The Bertz CT molecular complexity index is 789. The van der Waals surface area contributed by atoms with Crippen LogP contribution in [0.4, 0.5) is 11.6 Å². The lowest BCUT2D eigenvalue weighted by atomic mass is 10.00. The SMILES string of the molecule is CCCC(C)(CCC)SCCN(c1ccccc1)c1nc2ccccc2[nH]1. The summed E-state index contributed by atoms with van der Waals surface area (Å²) in [6.07, 6.45) is 5.05. The van der Waals surface area contributed by atoms with E-state index in [1.165, 1.54) is 31.4 Å². The van der Waals surface area contributed by atoms with Crippen LogP contribution in [0.5, 0.6) is 0 Å². The molecule has 3 rings (SSSR count). The van der Waals surface area contributed by atoms with Gasteiger partial charge in [0, 0.05) is 22.7 Å². The van der Waals surface area contributed by atoms with Gasteiger partial charge in [0.05, 0.1) is 11.0 Å². The molecule has 2 aromatic carbocycles. The Labute approximate surface area is 167 Å². The largest absolute Gasteiger partial charge is 0.324 e. The lowest BCUT2D eigenvalue weighted by Gasteiger charge is -2.30. The van der Waals surface area contributed by atoms with Crippen LogP contribution >= 0.6 is 11.8 Å². The Morgan fingerprint density at radius 1 is 0.963 bits per heavy atom. The average molecular weight is 382 g/mol. The first-order valence-electron chi connectivity index (χ1n) is 10.1. The quantitative estimate of drug-likeness (QED) is 0.419. The molecule has 3 nitrogen and oxygen atoms in total. The molecule has 144 valence electrons. The van der Waals surface area contributed by atoms with Crippen molar-refractivity contribution < 1.29 is 0 Å². The second-order valence-electron chi connectivity index (χ2n) is 7.36. The molecule has 0 amide bonds. The van der Waals surface area contributed by atoms with Crippen LogP contribution in [0, 0.1) is 0 Å². The van der Waals surface area contributed by atoms with Crippen molar-refractivity contribution in [3.05, 3.63) is 54.6 Å². The van der Waals surface area contributed by atoms with Crippen molar-refractivity contribution in [1.82, 2.24) is 9.97 Å². The van der Waals surface area contributed by atoms with Crippen LogP contribution in [0.25, 0.3) is 11.0 Å². The lowest BCUT2D eigenvalue weighted by molar-refractivity contribution is 0.528. The number of hydrogen-bond donors (Lipinski definition) is 1. The van der Waals surface area contributed by atoms with E-state index in [1.807, 2.05) is 12.1 Å². The van der Waals surface area contributed by atoms with E-state index in [4.69, 9.17) is 4.98 Å². The summed E-state index contributed by atoms with van der Waals surface area (Å²) in [5.74, 6) is 2.01. The van der Waals surface area contributed by atoms with Gasteiger partial charge >= 0.3 is 0 Å². The predicted octanol–water partition coefficient (Wildman–Crippen LogP) is 6.79. The van der Waals surface area contributed by atoms with Crippen LogP contribution in [0.1, 0.15) is 46.5 Å². The van der Waals surface area contributed by atoms with Crippen LogP contribution < -0.4 is 4.90 Å². The summed E-state index contributed by atoms with van der Waals surface area (Å²) in [4.78, 5) is 10.6. The molecular weight excluding hydrogens is 350 g/mol. The number of rotatable bonds is 10. The number of nitrogens with zero attached hydrogens (tertiary/aromatic N) is 2. The first kappa shape index (κ1) is 19.8. The van der Waals surface area contributed by atoms with E-state index in [-0.39, 0.29) is 0 Å². The number of para-hydroxylation sites is 3. The maximum absolute atomic E-state index is 4.84. The van der Waals surface area contributed by atoms with Gasteiger partial charge in [-0.15, -0.1) is 0 Å². The Kier molecular flexibility index (Phi) is 6.84. The number of nitrogens with one attached hydrogen (secondary N) is 1. The fourth-order valence-electron chi connectivity index (χ4n) is 3.74. The normalized spacial score (nSPS) is 11.8. The number of imidazole rings is 1. The Morgan fingerprint density at radius 2 is 1.63 bits per heavy atom. The highest BCUT2D eigenvalue weighted by Crippen LogP contribution is 2.35. The van der Waals surface area contributed by atoms with Gasteiger partial charge in [-0.05, 0) is 37.1 Å². The number of fused-ring (bicyclic) bond motifs is 1. The van der Waals surface area contributed by atoms with E-state index < -0.39 is 0 Å². The van der Waals surface area contributed by atoms with E-state index in [2.05, 4.69) is 84.9 Å². The van der Waals surface area contributed by atoms with Crippen LogP contribution in [0.15, 0.2) is 54.6 Å². The number of thioether (sulfide) groups is 1. The van der Waals surface area contributed by atoms with Crippen molar-refractivity contribution in [1.29, 1.82) is 0 Å². The third kappa shape index (κ3) is 5.07. The molecule has 1 heterocycles. The van der Waals surface area contributed by atoms with Gasteiger partial charge in [0.15, 0.2) is 0 Å². The van der Waals surface area contributed by atoms with Crippen molar-refractivity contribution in [2.24, 2.45) is 0 Å². The average Bonchev–Trinajstić information content (AvgIpc) is 3.10. The molecule has 0 aliphatic heterocycles.